The zero-order valence-electron chi connectivity index (χ0n) is 10.7. The van der Waals surface area contributed by atoms with Crippen LogP contribution in [0.5, 0.6) is 11.5 Å². The molecule has 0 aliphatic carbocycles. The Hall–Kier alpha value is -2.47. The van der Waals surface area contributed by atoms with Crippen LogP contribution in [0.2, 0.25) is 0 Å². The zero-order chi connectivity index (χ0) is 14.7. The van der Waals surface area contributed by atoms with Crippen molar-refractivity contribution in [2.24, 2.45) is 0 Å². The standard InChI is InChI=1S/C14H12FNO4/c1-9-5-6-11(16(18)19)7-13(9)20-14-10(8-17)3-2-4-12(14)15/h2-7,17H,8H2,1H3. The summed E-state index contributed by atoms with van der Waals surface area (Å²) in [6.07, 6.45) is 0. The molecule has 1 N–H and O–H groups in total. The van der Waals surface area contributed by atoms with Gasteiger partial charge >= 0.3 is 0 Å². The van der Waals surface area contributed by atoms with E-state index >= 15 is 0 Å². The second-order valence-corrected chi connectivity index (χ2v) is 4.20. The van der Waals surface area contributed by atoms with Crippen molar-refractivity contribution in [3.63, 3.8) is 0 Å². The third-order valence-electron chi connectivity index (χ3n) is 2.81. The van der Waals surface area contributed by atoms with E-state index in [4.69, 9.17) is 4.74 Å². The number of aliphatic hydroxyl groups excluding tert-OH is 1. The highest BCUT2D eigenvalue weighted by atomic mass is 19.1. The van der Waals surface area contributed by atoms with Crippen LogP contribution in [0.3, 0.4) is 0 Å². The van der Waals surface area contributed by atoms with Gasteiger partial charge in [0, 0.05) is 11.6 Å². The van der Waals surface area contributed by atoms with Gasteiger partial charge in [-0.15, -0.1) is 0 Å². The SMILES string of the molecule is Cc1ccc([N+](=O)[O-])cc1Oc1c(F)cccc1CO. The van der Waals surface area contributed by atoms with Crippen molar-refractivity contribution >= 4 is 5.69 Å². The summed E-state index contributed by atoms with van der Waals surface area (Å²) in [6, 6.07) is 8.26. The van der Waals surface area contributed by atoms with Gasteiger partial charge in [-0.3, -0.25) is 10.1 Å². The third kappa shape index (κ3) is 2.75. The highest BCUT2D eigenvalue weighted by Gasteiger charge is 2.14. The second-order valence-electron chi connectivity index (χ2n) is 4.20. The minimum absolute atomic E-state index is 0.126. The molecule has 0 spiro atoms. The number of aliphatic hydroxyl groups is 1. The highest BCUT2D eigenvalue weighted by molar-refractivity contribution is 5.47. The van der Waals surface area contributed by atoms with Crippen LogP contribution in [0.15, 0.2) is 36.4 Å². The Bertz CT molecular complexity index is 658. The number of nitro benzene ring substituents is 1. The van der Waals surface area contributed by atoms with Crippen LogP contribution >= 0.6 is 0 Å². The number of halogens is 1. The fourth-order valence-corrected chi connectivity index (χ4v) is 1.71. The van der Waals surface area contributed by atoms with Crippen LogP contribution in [0, 0.1) is 22.9 Å². The van der Waals surface area contributed by atoms with E-state index in [1.165, 1.54) is 36.4 Å². The van der Waals surface area contributed by atoms with Crippen molar-refractivity contribution in [2.45, 2.75) is 13.5 Å². The summed E-state index contributed by atoms with van der Waals surface area (Å²) >= 11 is 0. The molecule has 0 saturated carbocycles. The molecule has 0 aliphatic rings. The lowest BCUT2D eigenvalue weighted by molar-refractivity contribution is -0.384. The Balaban J connectivity index is 2.44. The minimum Gasteiger partial charge on any atom is -0.453 e. The summed E-state index contributed by atoms with van der Waals surface area (Å²) in [5, 5.41) is 19.9. The molecule has 20 heavy (non-hydrogen) atoms. The Labute approximate surface area is 114 Å². The van der Waals surface area contributed by atoms with Crippen molar-refractivity contribution in [2.75, 3.05) is 0 Å². The molecule has 0 radical (unpaired) electrons. The molecule has 0 atom stereocenters. The smallest absolute Gasteiger partial charge is 0.273 e. The predicted octanol–water partition coefficient (Wildman–Crippen LogP) is 3.33. The first-order chi connectivity index (χ1) is 9.52. The van der Waals surface area contributed by atoms with Crippen LogP contribution in [0.4, 0.5) is 10.1 Å². The first-order valence-corrected chi connectivity index (χ1v) is 5.84. The molecule has 5 nitrogen and oxygen atoms in total. The van der Waals surface area contributed by atoms with Crippen LogP contribution in [0.1, 0.15) is 11.1 Å². The van der Waals surface area contributed by atoms with Gasteiger partial charge in [0.25, 0.3) is 5.69 Å². The molecule has 2 rings (SSSR count). The van der Waals surface area contributed by atoms with E-state index in [9.17, 15) is 19.6 Å². The van der Waals surface area contributed by atoms with E-state index in [-0.39, 0.29) is 29.4 Å². The summed E-state index contributed by atoms with van der Waals surface area (Å²) in [7, 11) is 0. The van der Waals surface area contributed by atoms with E-state index in [0.717, 1.165) is 0 Å². The molecule has 0 heterocycles. The van der Waals surface area contributed by atoms with Crippen molar-refractivity contribution < 1.29 is 19.2 Å². The van der Waals surface area contributed by atoms with Gasteiger partial charge in [0.15, 0.2) is 11.6 Å². The van der Waals surface area contributed by atoms with Crippen molar-refractivity contribution in [3.8, 4) is 11.5 Å². The molecular formula is C14H12FNO4. The lowest BCUT2D eigenvalue weighted by atomic mass is 10.2. The summed E-state index contributed by atoms with van der Waals surface area (Å²) in [6.45, 7) is 1.31. The van der Waals surface area contributed by atoms with Crippen LogP contribution in [-0.4, -0.2) is 10.0 Å². The van der Waals surface area contributed by atoms with Crippen LogP contribution in [0.25, 0.3) is 0 Å². The maximum atomic E-state index is 13.7. The van der Waals surface area contributed by atoms with Crippen molar-refractivity contribution in [1.82, 2.24) is 0 Å². The number of ether oxygens (including phenoxy) is 1. The fraction of sp³-hybridized carbons (Fsp3) is 0.143. The summed E-state index contributed by atoms with van der Waals surface area (Å²) in [5.41, 5.74) is 0.756. The van der Waals surface area contributed by atoms with E-state index < -0.39 is 10.7 Å². The number of hydrogen-bond donors (Lipinski definition) is 1. The quantitative estimate of drug-likeness (QED) is 0.687. The average Bonchev–Trinajstić information content (AvgIpc) is 2.42. The first-order valence-electron chi connectivity index (χ1n) is 5.84. The average molecular weight is 277 g/mol. The van der Waals surface area contributed by atoms with Crippen molar-refractivity contribution in [3.05, 3.63) is 63.5 Å². The molecular weight excluding hydrogens is 265 g/mol. The normalized spacial score (nSPS) is 10.3. The summed E-state index contributed by atoms with van der Waals surface area (Å²) < 4.78 is 19.2. The maximum absolute atomic E-state index is 13.7. The molecule has 0 unspecified atom stereocenters. The zero-order valence-corrected chi connectivity index (χ0v) is 10.7. The molecule has 0 saturated heterocycles. The topological polar surface area (TPSA) is 72.6 Å². The molecule has 0 aliphatic heterocycles. The second kappa shape index (κ2) is 5.66. The van der Waals surface area contributed by atoms with Gasteiger partial charge in [-0.05, 0) is 24.6 Å². The molecule has 6 heteroatoms. The number of para-hydroxylation sites is 1. The molecule has 0 aromatic heterocycles. The number of benzene rings is 2. The summed E-state index contributed by atoms with van der Waals surface area (Å²) in [5.74, 6) is -0.583. The summed E-state index contributed by atoms with van der Waals surface area (Å²) in [4.78, 5) is 10.2. The predicted molar refractivity (Wildman–Crippen MR) is 70.2 cm³/mol. The molecule has 0 amide bonds. The maximum Gasteiger partial charge on any atom is 0.273 e. The number of rotatable bonds is 4. The van der Waals surface area contributed by atoms with Gasteiger partial charge in [-0.25, -0.2) is 4.39 Å². The highest BCUT2D eigenvalue weighted by Crippen LogP contribution is 2.32. The number of hydrogen-bond acceptors (Lipinski definition) is 4. The number of nitrogens with zero attached hydrogens (tertiary/aromatic N) is 1. The Morgan fingerprint density at radius 3 is 2.75 bits per heavy atom. The van der Waals surface area contributed by atoms with Gasteiger partial charge in [0.05, 0.1) is 17.6 Å². The van der Waals surface area contributed by atoms with Gasteiger partial charge in [-0.1, -0.05) is 12.1 Å². The van der Waals surface area contributed by atoms with Crippen LogP contribution in [-0.2, 0) is 6.61 Å². The van der Waals surface area contributed by atoms with Gasteiger partial charge in [-0.2, -0.15) is 0 Å². The van der Waals surface area contributed by atoms with E-state index in [2.05, 4.69) is 0 Å². The van der Waals surface area contributed by atoms with Gasteiger partial charge in [0.2, 0.25) is 0 Å². The molecule has 0 fully saturated rings. The largest absolute Gasteiger partial charge is 0.453 e. The Morgan fingerprint density at radius 2 is 2.10 bits per heavy atom. The van der Waals surface area contributed by atoms with Crippen LogP contribution < -0.4 is 4.74 Å². The molecule has 2 aromatic rings. The van der Waals surface area contributed by atoms with E-state index in [1.807, 2.05) is 0 Å². The lowest BCUT2D eigenvalue weighted by Crippen LogP contribution is -1.97. The fourth-order valence-electron chi connectivity index (χ4n) is 1.71. The molecule has 2 aromatic carbocycles. The lowest BCUT2D eigenvalue weighted by Gasteiger charge is -2.12. The number of nitro groups is 1. The Morgan fingerprint density at radius 1 is 1.35 bits per heavy atom. The monoisotopic (exact) mass is 277 g/mol. The molecule has 0 bridgehead atoms. The van der Waals surface area contributed by atoms with E-state index in [1.54, 1.807) is 6.92 Å². The first kappa shape index (κ1) is 14.0. The number of aryl methyl sites for hydroxylation is 1. The van der Waals surface area contributed by atoms with Crippen molar-refractivity contribution in [1.29, 1.82) is 0 Å². The Kier molecular flexibility index (Phi) is 3.95. The minimum atomic E-state index is -0.637. The third-order valence-corrected chi connectivity index (χ3v) is 2.81. The molecule has 104 valence electrons. The van der Waals surface area contributed by atoms with Gasteiger partial charge < -0.3 is 9.84 Å². The van der Waals surface area contributed by atoms with E-state index in [0.29, 0.717) is 5.56 Å². The van der Waals surface area contributed by atoms with Gasteiger partial charge in [0.1, 0.15) is 5.75 Å². The number of non-ortho nitro benzene ring substituents is 1.